The van der Waals surface area contributed by atoms with E-state index in [0.717, 1.165) is 5.69 Å². The maximum absolute atomic E-state index is 9.45. The van der Waals surface area contributed by atoms with Crippen molar-refractivity contribution in [2.75, 3.05) is 5.73 Å². The summed E-state index contributed by atoms with van der Waals surface area (Å²) in [4.78, 5) is 9.43. The summed E-state index contributed by atoms with van der Waals surface area (Å²) in [6.07, 6.45) is 0. The summed E-state index contributed by atoms with van der Waals surface area (Å²) in [5.74, 6) is 0. The first-order chi connectivity index (χ1) is 6.04. The van der Waals surface area contributed by atoms with Crippen LogP contribution < -0.4 is 11.5 Å². The first-order valence-corrected chi connectivity index (χ1v) is 4.42. The van der Waals surface area contributed by atoms with Crippen LogP contribution in [-0.2, 0) is 14.8 Å². The second-order valence-corrected chi connectivity index (χ2v) is 2.94. The SMILES string of the molecule is N=[S-](=O)C(N)=O.Nc1ccccc1. The molecule has 5 nitrogen and oxygen atoms in total. The highest BCUT2D eigenvalue weighted by molar-refractivity contribution is 7.89. The molecular formula is C7H10N3O2S-. The average Bonchev–Trinajstić information content (AvgIpc) is 2.06. The van der Waals surface area contributed by atoms with E-state index >= 15 is 0 Å². The van der Waals surface area contributed by atoms with E-state index < -0.39 is 15.8 Å². The van der Waals surface area contributed by atoms with Crippen molar-refractivity contribution in [2.24, 2.45) is 5.73 Å². The standard InChI is InChI=1S/C6H7N.CH3N2O2S/c7-6-4-2-1-3-5-6;2-1(4)6(3)5/h1-5H,7H2;3H,(H2,2,4)/q;-1. The average molecular weight is 200 g/mol. The van der Waals surface area contributed by atoms with E-state index in [4.69, 9.17) is 10.5 Å². The largest absolute Gasteiger partial charge is 0.436 e. The third-order valence-electron chi connectivity index (χ3n) is 0.982. The molecule has 0 heterocycles. The molecule has 0 saturated heterocycles. The molecule has 1 aromatic carbocycles. The molecule has 1 aromatic rings. The van der Waals surface area contributed by atoms with Gasteiger partial charge in [-0.15, -0.1) is 10.6 Å². The van der Waals surface area contributed by atoms with Gasteiger partial charge in [-0.2, -0.15) is 0 Å². The third kappa shape index (κ3) is 6.82. The van der Waals surface area contributed by atoms with E-state index in [1.165, 1.54) is 0 Å². The second-order valence-electron chi connectivity index (χ2n) is 2.00. The first-order valence-electron chi connectivity index (χ1n) is 3.27. The van der Waals surface area contributed by atoms with Crippen molar-refractivity contribution in [2.45, 2.75) is 0 Å². The van der Waals surface area contributed by atoms with Crippen molar-refractivity contribution in [3.05, 3.63) is 30.3 Å². The summed E-state index contributed by atoms with van der Waals surface area (Å²) < 4.78 is 15.5. The maximum atomic E-state index is 9.45. The maximum Gasteiger partial charge on any atom is 0.168 e. The molecule has 0 atom stereocenters. The minimum atomic E-state index is -2.23. The lowest BCUT2D eigenvalue weighted by molar-refractivity contribution is 0.266. The molecule has 1 rings (SSSR count). The molecule has 0 aliphatic heterocycles. The fourth-order valence-electron chi connectivity index (χ4n) is 0.453. The summed E-state index contributed by atoms with van der Waals surface area (Å²) in [6, 6.07) is 9.49. The molecule has 13 heavy (non-hydrogen) atoms. The summed E-state index contributed by atoms with van der Waals surface area (Å²) >= 11 is 0. The number of nitrogens with two attached hydrogens (primary N) is 2. The van der Waals surface area contributed by atoms with Crippen molar-refractivity contribution in [3.8, 4) is 0 Å². The lowest BCUT2D eigenvalue weighted by Gasteiger charge is -1.83. The van der Waals surface area contributed by atoms with Gasteiger partial charge in [0.1, 0.15) is 0 Å². The molecule has 0 fully saturated rings. The molecule has 0 spiro atoms. The Hall–Kier alpha value is -1.56. The van der Waals surface area contributed by atoms with Crippen molar-refractivity contribution in [1.82, 2.24) is 0 Å². The fraction of sp³-hybridized carbons (Fsp3) is 0. The van der Waals surface area contributed by atoms with Crippen LogP contribution in [-0.4, -0.2) is 5.24 Å². The van der Waals surface area contributed by atoms with Gasteiger partial charge in [0.2, 0.25) is 0 Å². The van der Waals surface area contributed by atoms with Gasteiger partial charge in [-0.3, -0.25) is 4.79 Å². The Morgan fingerprint density at radius 2 is 1.69 bits per heavy atom. The van der Waals surface area contributed by atoms with Crippen LogP contribution in [0.15, 0.2) is 30.3 Å². The van der Waals surface area contributed by atoms with E-state index in [9.17, 15) is 9.00 Å². The molecule has 6 heteroatoms. The molecule has 0 aliphatic carbocycles. The van der Waals surface area contributed by atoms with Gasteiger partial charge in [0.05, 0.1) is 0 Å². The van der Waals surface area contributed by atoms with Gasteiger partial charge < -0.3 is 20.5 Å². The number of benzene rings is 1. The summed E-state index contributed by atoms with van der Waals surface area (Å²) in [5, 5.41) is -1.10. The van der Waals surface area contributed by atoms with Crippen molar-refractivity contribution in [1.29, 1.82) is 4.78 Å². The Morgan fingerprint density at radius 1 is 1.31 bits per heavy atom. The van der Waals surface area contributed by atoms with Crippen LogP contribution in [0.4, 0.5) is 10.5 Å². The Morgan fingerprint density at radius 3 is 1.85 bits per heavy atom. The number of anilines is 1. The number of para-hydroxylation sites is 1. The van der Waals surface area contributed by atoms with Crippen LogP contribution in [0.2, 0.25) is 0 Å². The molecule has 0 unspecified atom stereocenters. The van der Waals surface area contributed by atoms with Gasteiger partial charge >= 0.3 is 0 Å². The topological polar surface area (TPSA) is 110 Å². The van der Waals surface area contributed by atoms with Crippen molar-refractivity contribution in [3.63, 3.8) is 0 Å². The van der Waals surface area contributed by atoms with Crippen LogP contribution >= 0.6 is 0 Å². The van der Waals surface area contributed by atoms with Crippen molar-refractivity contribution < 1.29 is 9.00 Å². The minimum absolute atomic E-state index is 0.822. The highest BCUT2D eigenvalue weighted by Gasteiger charge is 1.72. The van der Waals surface area contributed by atoms with E-state index in [0.29, 0.717) is 0 Å². The number of carbonyl (C=O) groups excluding carboxylic acids is 1. The molecule has 0 radical (unpaired) electrons. The Kier molecular flexibility index (Phi) is 5.29. The van der Waals surface area contributed by atoms with Gasteiger partial charge in [0, 0.05) is 5.69 Å². The number of rotatable bonds is 0. The molecule has 1 amide bonds. The van der Waals surface area contributed by atoms with Gasteiger partial charge in [-0.25, -0.2) is 0 Å². The second kappa shape index (κ2) is 6.01. The number of carbonyl (C=O) groups is 1. The summed E-state index contributed by atoms with van der Waals surface area (Å²) in [5.41, 5.74) is 10.5. The van der Waals surface area contributed by atoms with Crippen LogP contribution in [0.5, 0.6) is 0 Å². The third-order valence-corrected chi connectivity index (χ3v) is 1.35. The zero-order chi connectivity index (χ0) is 10.3. The Balaban J connectivity index is 0.000000226. The number of primary amides is 1. The molecular weight excluding hydrogens is 190 g/mol. The smallest absolute Gasteiger partial charge is 0.168 e. The Labute approximate surface area is 77.7 Å². The fourth-order valence-corrected chi connectivity index (χ4v) is 0.453. The zero-order valence-electron chi connectivity index (χ0n) is 6.77. The predicted octanol–water partition coefficient (Wildman–Crippen LogP) is 1.06. The predicted molar refractivity (Wildman–Crippen MR) is 51.2 cm³/mol. The number of hydrogen-bond donors (Lipinski definition) is 3. The van der Waals surface area contributed by atoms with Crippen LogP contribution in [0.25, 0.3) is 0 Å². The Bertz CT molecular complexity index is 327. The normalized spacial score (nSPS) is 8.69. The lowest BCUT2D eigenvalue weighted by Crippen LogP contribution is -2.06. The molecule has 0 bridgehead atoms. The van der Waals surface area contributed by atoms with E-state index in [2.05, 4.69) is 5.73 Å². The molecule has 0 aromatic heterocycles. The zero-order valence-corrected chi connectivity index (χ0v) is 7.58. The summed E-state index contributed by atoms with van der Waals surface area (Å²) in [7, 11) is -2.23. The number of nitrogen functional groups attached to an aromatic ring is 1. The molecule has 0 aliphatic rings. The first kappa shape index (κ1) is 11.4. The number of amides is 1. The quantitative estimate of drug-likeness (QED) is 0.430. The van der Waals surface area contributed by atoms with Gasteiger partial charge in [-0.1, -0.05) is 18.2 Å². The van der Waals surface area contributed by atoms with Gasteiger partial charge in [-0.05, 0) is 12.1 Å². The van der Waals surface area contributed by atoms with Crippen molar-refractivity contribution >= 4 is 21.5 Å². The lowest BCUT2D eigenvalue weighted by atomic mass is 10.3. The summed E-state index contributed by atoms with van der Waals surface area (Å²) in [6.45, 7) is 0. The van der Waals surface area contributed by atoms with E-state index in [1.54, 1.807) is 0 Å². The van der Waals surface area contributed by atoms with Crippen LogP contribution in [0.3, 0.4) is 0 Å². The van der Waals surface area contributed by atoms with Crippen LogP contribution in [0.1, 0.15) is 0 Å². The van der Waals surface area contributed by atoms with Gasteiger partial charge in [0.15, 0.2) is 5.24 Å². The van der Waals surface area contributed by atoms with E-state index in [-0.39, 0.29) is 0 Å². The molecule has 0 saturated carbocycles. The van der Waals surface area contributed by atoms with E-state index in [1.807, 2.05) is 30.3 Å². The van der Waals surface area contributed by atoms with Crippen LogP contribution in [0, 0.1) is 4.78 Å². The minimum Gasteiger partial charge on any atom is -0.436 e. The van der Waals surface area contributed by atoms with Gasteiger partial charge in [0.25, 0.3) is 0 Å². The highest BCUT2D eigenvalue weighted by Crippen LogP contribution is 1.95. The number of nitrogens with one attached hydrogen (secondary N) is 1. The highest BCUT2D eigenvalue weighted by atomic mass is 32.2. The number of hydrogen-bond acceptors (Lipinski definition) is 5. The monoisotopic (exact) mass is 200 g/mol. The molecule has 5 N–H and O–H groups in total. The molecule has 72 valence electrons.